The number of benzene rings is 5. The van der Waals surface area contributed by atoms with Crippen LogP contribution in [0.3, 0.4) is 0 Å². The van der Waals surface area contributed by atoms with E-state index in [1.54, 1.807) is 46.5 Å². The van der Waals surface area contributed by atoms with E-state index in [0.717, 1.165) is 106 Å². The molecule has 2 atom stereocenters. The van der Waals surface area contributed by atoms with E-state index in [1.165, 1.54) is 23.9 Å². The van der Waals surface area contributed by atoms with E-state index in [2.05, 4.69) is 74.9 Å². The van der Waals surface area contributed by atoms with Crippen LogP contribution in [0.2, 0.25) is 0 Å². The number of fused-ring (bicyclic) bond motifs is 3. The first-order valence-electron chi connectivity index (χ1n) is 34.2. The Labute approximate surface area is 607 Å². The topological polar surface area (TPSA) is 299 Å². The maximum atomic E-state index is 12.5. The zero-order valence-corrected chi connectivity index (χ0v) is 60.2. The summed E-state index contributed by atoms with van der Waals surface area (Å²) in [5, 5.41) is 38.0. The van der Waals surface area contributed by atoms with Crippen molar-refractivity contribution >= 4 is 76.2 Å². The van der Waals surface area contributed by atoms with Crippen LogP contribution in [-0.4, -0.2) is 156 Å². The zero-order valence-electron chi connectivity index (χ0n) is 58.6. The van der Waals surface area contributed by atoms with Crippen LogP contribution in [0.4, 0.5) is 9.59 Å². The predicted molar refractivity (Wildman–Crippen MR) is 397 cm³/mol. The lowest BCUT2D eigenvalue weighted by atomic mass is 9.80. The molecule has 0 aliphatic carbocycles. The van der Waals surface area contributed by atoms with Gasteiger partial charge in [-0.05, 0) is 148 Å². The number of pyridine rings is 3. The highest BCUT2D eigenvalue weighted by Gasteiger charge is 2.43. The van der Waals surface area contributed by atoms with Crippen molar-refractivity contribution in [3.63, 3.8) is 0 Å². The fourth-order valence-corrected chi connectivity index (χ4v) is 13.5. The standard InChI is InChI=1S/C25H29NO5S.C23H26N2O3.C18H18N2O.C7H9BO4S.C5H6BNO2/c1-24(2,3)31-23(27)26-14-12-25(13-15-26)16-21(20-6-4-5-7-22(20)30-25)19-10-8-18(9-11-19)17-32(28)29;1-22(2,3)28-21(26)25-13-10-23(11-14-25)15-19(17-7-6-12-24-16-17)18-8-4-5-9-20(18)27-23;1-2-6-17-15(5-1)16(14-4-3-9-20-13-14)12-18(21-17)7-10-19-11-8-18;9-8(10)7-3-1-6(2-4-7)5-13(11)12;8-6(9)5-2-1-3-7-4-5/h4-11,16H,12-15,17H2,1-3H3,(H,28,29);4-9,12,15-16H,10-11,13-14H2,1-3H3;1-6,9,12-13,19H,7-8,10-11H2;1-4,9-10H,5H2,(H,11,12);1-4,8-9H/p-2. The summed E-state index contributed by atoms with van der Waals surface area (Å²) in [6.45, 7) is 15.6. The Kier molecular flexibility index (Phi) is 25.6. The lowest BCUT2D eigenvalue weighted by Gasteiger charge is -2.43. The number of amides is 2. The minimum Gasteiger partial charge on any atom is -0.772 e. The Bertz CT molecular complexity index is 4290. The first-order chi connectivity index (χ1) is 49.3. The molecule has 2 unspecified atom stereocenters. The Morgan fingerprint density at radius 1 is 0.466 bits per heavy atom. The molecule has 2 amide bonds. The molecule has 3 fully saturated rings. The van der Waals surface area contributed by atoms with Gasteiger partial charge in [-0.25, -0.2) is 9.59 Å². The SMILES string of the molecule is C1=C(c2cccnc2)c2ccccc2OC12CCNCC2.CC(C)(C)OC(=O)N1CCC2(C=C(c3ccc(CS(=O)[O-])cc3)c3ccccc3O2)CC1.CC(C)(C)OC(=O)N1CCC2(C=C(c3cccnc3)c3ccccc3O2)CC1.O=S([O-])Cc1ccc(B(O)O)cc1.OB(O)c1cccnc1. The van der Waals surface area contributed by atoms with E-state index in [-0.39, 0.29) is 29.3 Å². The normalized spacial score (nSPS) is 17.0. The number of likely N-dealkylation sites (tertiary alicyclic amines) is 2. The van der Waals surface area contributed by atoms with Crippen LogP contribution < -0.4 is 30.5 Å². The van der Waals surface area contributed by atoms with Gasteiger partial charge in [-0.3, -0.25) is 23.4 Å². The van der Waals surface area contributed by atoms with Crippen molar-refractivity contribution in [2.75, 3.05) is 39.3 Å². The molecule has 8 aromatic rings. The highest BCUT2D eigenvalue weighted by molar-refractivity contribution is 7.78. The second kappa shape index (κ2) is 34.4. The maximum absolute atomic E-state index is 12.5. The number of ether oxygens (including phenoxy) is 5. The van der Waals surface area contributed by atoms with Crippen molar-refractivity contribution in [3.8, 4) is 17.2 Å². The van der Waals surface area contributed by atoms with Gasteiger partial charge in [0.15, 0.2) is 0 Å². The van der Waals surface area contributed by atoms with Gasteiger partial charge in [0, 0.05) is 147 Å². The first kappa shape index (κ1) is 76.5. The van der Waals surface area contributed by atoms with Gasteiger partial charge < -0.3 is 68.0 Å². The van der Waals surface area contributed by atoms with Crippen molar-refractivity contribution < 1.29 is 70.9 Å². The van der Waals surface area contributed by atoms with E-state index >= 15 is 0 Å². The molecule has 3 saturated heterocycles. The molecule has 3 aromatic heterocycles. The number of nitrogens with zero attached hydrogens (tertiary/aromatic N) is 5. The monoisotopic (exact) mass is 1430 g/mol. The summed E-state index contributed by atoms with van der Waals surface area (Å²) in [4.78, 5) is 40.6. The van der Waals surface area contributed by atoms with E-state index in [9.17, 15) is 27.1 Å². The molecular formula is C78H86B2N6O15S2-2. The number of nitrogens with one attached hydrogen (secondary N) is 1. The average Bonchev–Trinajstić information content (AvgIpc) is 0.768. The van der Waals surface area contributed by atoms with Crippen LogP contribution in [0.15, 0.2) is 213 Å². The molecule has 538 valence electrons. The number of piperidine rings is 3. The number of rotatable bonds is 9. The fraction of sp³-hybridized carbons (Fsp3) is 0.321. The molecule has 14 rings (SSSR count). The van der Waals surface area contributed by atoms with Crippen LogP contribution in [0.1, 0.15) is 125 Å². The van der Waals surface area contributed by atoms with Gasteiger partial charge in [-0.1, -0.05) is 143 Å². The molecule has 9 heterocycles. The van der Waals surface area contributed by atoms with Gasteiger partial charge in [0.25, 0.3) is 0 Å². The van der Waals surface area contributed by atoms with Gasteiger partial charge in [0.1, 0.15) is 45.3 Å². The second-order valence-electron chi connectivity index (χ2n) is 27.7. The van der Waals surface area contributed by atoms with E-state index in [4.69, 9.17) is 43.8 Å². The highest BCUT2D eigenvalue weighted by Crippen LogP contribution is 2.46. The van der Waals surface area contributed by atoms with Crippen LogP contribution in [0, 0.1) is 0 Å². The summed E-state index contributed by atoms with van der Waals surface area (Å²) in [5.41, 5.74) is 9.97. The summed E-state index contributed by atoms with van der Waals surface area (Å²) in [6, 6.07) is 49.4. The number of hydrogen-bond acceptors (Lipinski definition) is 19. The number of hydrogen-bond donors (Lipinski definition) is 5. The summed E-state index contributed by atoms with van der Waals surface area (Å²) in [5.74, 6) is 2.64. The smallest absolute Gasteiger partial charge is 0.490 e. The molecule has 5 N–H and O–H groups in total. The highest BCUT2D eigenvalue weighted by atomic mass is 32.2. The number of carbonyl (C=O) groups is 2. The van der Waals surface area contributed by atoms with Crippen LogP contribution in [0.5, 0.6) is 17.2 Å². The third kappa shape index (κ3) is 21.3. The molecule has 6 aliphatic heterocycles. The van der Waals surface area contributed by atoms with E-state index < -0.39 is 58.8 Å². The van der Waals surface area contributed by atoms with Crippen LogP contribution >= 0.6 is 0 Å². The molecule has 6 aliphatic rings. The van der Waals surface area contributed by atoms with Crippen molar-refractivity contribution in [3.05, 3.63) is 258 Å². The summed E-state index contributed by atoms with van der Waals surface area (Å²) in [7, 11) is -2.91. The summed E-state index contributed by atoms with van der Waals surface area (Å²) in [6.07, 6.45) is 21.3. The molecule has 0 saturated carbocycles. The number of para-hydroxylation sites is 3. The third-order valence-electron chi connectivity index (χ3n) is 17.7. The molecule has 3 spiro atoms. The van der Waals surface area contributed by atoms with Gasteiger partial charge in [-0.2, -0.15) is 0 Å². The Morgan fingerprint density at radius 3 is 1.15 bits per heavy atom. The lowest BCUT2D eigenvalue weighted by molar-refractivity contribution is -0.00233. The fourth-order valence-electron chi connectivity index (χ4n) is 12.6. The second-order valence-corrected chi connectivity index (χ2v) is 29.5. The van der Waals surface area contributed by atoms with Gasteiger partial charge >= 0.3 is 26.4 Å². The maximum Gasteiger partial charge on any atom is 0.490 e. The molecule has 5 aromatic carbocycles. The Balaban J connectivity index is 0.000000147. The molecular weight excluding hydrogens is 1350 g/mol. The molecule has 25 heteroatoms. The first-order valence-corrected chi connectivity index (χ1v) is 36.7. The number of carbonyl (C=O) groups excluding carboxylic acids is 2. The number of aromatic nitrogens is 3. The van der Waals surface area contributed by atoms with Crippen molar-refractivity contribution in [1.82, 2.24) is 30.1 Å². The lowest BCUT2D eigenvalue weighted by Crippen LogP contribution is -2.50. The zero-order chi connectivity index (χ0) is 73.4. The van der Waals surface area contributed by atoms with E-state index in [0.29, 0.717) is 55.5 Å². The Morgan fingerprint density at radius 2 is 0.816 bits per heavy atom. The largest absolute Gasteiger partial charge is 0.772 e. The van der Waals surface area contributed by atoms with Gasteiger partial charge in [0.05, 0.1) is 0 Å². The summed E-state index contributed by atoms with van der Waals surface area (Å²) < 4.78 is 73.0. The Hall–Kier alpha value is -9.14. The minimum atomic E-state index is -2.11. The van der Waals surface area contributed by atoms with Gasteiger partial charge in [-0.15, -0.1) is 0 Å². The van der Waals surface area contributed by atoms with Crippen LogP contribution in [-0.2, 0) is 43.1 Å². The average molecular weight is 1430 g/mol. The predicted octanol–water partition coefficient (Wildman–Crippen LogP) is 9.87. The molecule has 0 radical (unpaired) electrons. The quantitative estimate of drug-likeness (QED) is 0.0663. The molecule has 21 nitrogen and oxygen atoms in total. The third-order valence-corrected chi connectivity index (χ3v) is 18.8. The van der Waals surface area contributed by atoms with Crippen molar-refractivity contribution in [2.24, 2.45) is 0 Å². The summed E-state index contributed by atoms with van der Waals surface area (Å²) >= 11 is -4.22. The molecule has 103 heavy (non-hydrogen) atoms. The van der Waals surface area contributed by atoms with Crippen molar-refractivity contribution in [1.29, 1.82) is 0 Å². The van der Waals surface area contributed by atoms with E-state index in [1.807, 2.05) is 145 Å². The van der Waals surface area contributed by atoms with Gasteiger partial charge in [0.2, 0.25) is 0 Å². The molecule has 0 bridgehead atoms. The van der Waals surface area contributed by atoms with Crippen molar-refractivity contribution in [2.45, 2.75) is 120 Å². The minimum absolute atomic E-state index is 0.00344. The van der Waals surface area contributed by atoms with Crippen LogP contribution in [0.25, 0.3) is 16.7 Å².